The highest BCUT2D eigenvalue weighted by molar-refractivity contribution is 7.99. The highest BCUT2D eigenvalue weighted by atomic mass is 32.2. The molecule has 1 aliphatic carbocycles. The second-order valence-electron chi connectivity index (χ2n) is 8.25. The van der Waals surface area contributed by atoms with Crippen molar-refractivity contribution < 1.29 is 14.3 Å². The highest BCUT2D eigenvalue weighted by Gasteiger charge is 2.50. The van der Waals surface area contributed by atoms with Crippen molar-refractivity contribution in [2.45, 2.75) is 51.0 Å². The van der Waals surface area contributed by atoms with Gasteiger partial charge in [-0.2, -0.15) is 11.8 Å². The van der Waals surface area contributed by atoms with Crippen LogP contribution in [0.1, 0.15) is 44.9 Å². The fraction of sp³-hybridized carbons (Fsp3) is 0.895. The van der Waals surface area contributed by atoms with Crippen LogP contribution in [0.5, 0.6) is 0 Å². The summed E-state index contributed by atoms with van der Waals surface area (Å²) in [5.41, 5.74) is -0.298. The van der Waals surface area contributed by atoms with Crippen molar-refractivity contribution in [3.63, 3.8) is 0 Å². The number of rotatable bonds is 5. The van der Waals surface area contributed by atoms with Crippen molar-refractivity contribution in [3.05, 3.63) is 0 Å². The third kappa shape index (κ3) is 3.85. The lowest BCUT2D eigenvalue weighted by atomic mass is 9.77. The molecular weight excluding hydrogens is 336 g/mol. The molecule has 1 atom stereocenters. The first-order valence-electron chi connectivity index (χ1n) is 9.92. The molecule has 5 nitrogen and oxygen atoms in total. The lowest BCUT2D eigenvalue weighted by molar-refractivity contribution is -0.150. The average molecular weight is 367 g/mol. The summed E-state index contributed by atoms with van der Waals surface area (Å²) in [5.74, 6) is 3.12. The predicted octanol–water partition coefficient (Wildman–Crippen LogP) is 2.15. The maximum absolute atomic E-state index is 13.3. The number of carbonyl (C=O) groups is 2. The van der Waals surface area contributed by atoms with Gasteiger partial charge in [0.2, 0.25) is 11.8 Å². The van der Waals surface area contributed by atoms with E-state index in [4.69, 9.17) is 4.74 Å². The number of piperidine rings is 1. The number of hydrogen-bond donors (Lipinski definition) is 0. The molecule has 2 amide bonds. The third-order valence-electron chi connectivity index (χ3n) is 6.38. The van der Waals surface area contributed by atoms with Crippen LogP contribution in [0.15, 0.2) is 0 Å². The van der Waals surface area contributed by atoms with Crippen LogP contribution < -0.4 is 0 Å². The molecule has 3 aliphatic heterocycles. The van der Waals surface area contributed by atoms with Crippen molar-refractivity contribution in [1.82, 2.24) is 9.80 Å². The number of likely N-dealkylation sites (tertiary alicyclic amines) is 2. The summed E-state index contributed by atoms with van der Waals surface area (Å²) in [6, 6.07) is 0.345. The van der Waals surface area contributed by atoms with Gasteiger partial charge >= 0.3 is 0 Å². The summed E-state index contributed by atoms with van der Waals surface area (Å²) in [6.07, 6.45) is 7.47. The molecule has 0 unspecified atom stereocenters. The summed E-state index contributed by atoms with van der Waals surface area (Å²) in [4.78, 5) is 29.9. The van der Waals surface area contributed by atoms with Crippen molar-refractivity contribution in [2.24, 2.45) is 11.3 Å². The minimum absolute atomic E-state index is 0.235. The lowest BCUT2D eigenvalue weighted by Crippen LogP contribution is -2.55. The first-order valence-corrected chi connectivity index (χ1v) is 11.1. The zero-order valence-electron chi connectivity index (χ0n) is 15.1. The molecule has 4 rings (SSSR count). The SMILES string of the molecule is O=C(CSCC1CC1)N1CC[C@]2(CCCN(C3CCOCC3)C2=O)C1. The van der Waals surface area contributed by atoms with Gasteiger partial charge in [-0.15, -0.1) is 0 Å². The normalized spacial score (nSPS) is 31.1. The van der Waals surface area contributed by atoms with Crippen molar-refractivity contribution in [3.8, 4) is 0 Å². The van der Waals surface area contributed by atoms with E-state index >= 15 is 0 Å². The van der Waals surface area contributed by atoms with Crippen LogP contribution in [0, 0.1) is 11.3 Å². The molecule has 0 aromatic carbocycles. The Balaban J connectivity index is 1.34. The number of thioether (sulfide) groups is 1. The molecule has 4 aliphatic rings. The van der Waals surface area contributed by atoms with Gasteiger partial charge in [-0.25, -0.2) is 0 Å². The molecule has 140 valence electrons. The van der Waals surface area contributed by atoms with Gasteiger partial charge in [0.05, 0.1) is 11.2 Å². The molecule has 0 bridgehead atoms. The number of hydrogen-bond acceptors (Lipinski definition) is 4. The molecule has 0 N–H and O–H groups in total. The number of carbonyl (C=O) groups excluding carboxylic acids is 2. The van der Waals surface area contributed by atoms with E-state index in [0.29, 0.717) is 24.2 Å². The van der Waals surface area contributed by atoms with Gasteiger partial charge < -0.3 is 14.5 Å². The Kier molecular flexibility index (Phi) is 5.28. The molecule has 1 saturated carbocycles. The molecular formula is C19H30N2O3S. The summed E-state index contributed by atoms with van der Waals surface area (Å²) in [5, 5.41) is 0. The van der Waals surface area contributed by atoms with E-state index in [9.17, 15) is 9.59 Å². The van der Waals surface area contributed by atoms with E-state index in [1.54, 1.807) is 11.8 Å². The van der Waals surface area contributed by atoms with Gasteiger partial charge in [0.15, 0.2) is 0 Å². The van der Waals surface area contributed by atoms with Gasteiger partial charge in [0.1, 0.15) is 0 Å². The Bertz CT molecular complexity index is 519. The van der Waals surface area contributed by atoms with Crippen LogP contribution in [-0.2, 0) is 14.3 Å². The largest absolute Gasteiger partial charge is 0.381 e. The fourth-order valence-electron chi connectivity index (χ4n) is 4.60. The summed E-state index contributed by atoms with van der Waals surface area (Å²) in [6.45, 7) is 3.83. The van der Waals surface area contributed by atoms with Crippen LogP contribution >= 0.6 is 11.8 Å². The maximum Gasteiger partial charge on any atom is 0.232 e. The first kappa shape index (κ1) is 17.7. The van der Waals surface area contributed by atoms with Gasteiger partial charge in [-0.3, -0.25) is 9.59 Å². The molecule has 25 heavy (non-hydrogen) atoms. The zero-order valence-corrected chi connectivity index (χ0v) is 15.9. The molecule has 0 radical (unpaired) electrons. The van der Waals surface area contributed by atoms with Crippen LogP contribution in [0.2, 0.25) is 0 Å². The van der Waals surface area contributed by atoms with E-state index in [1.807, 2.05) is 4.90 Å². The minimum atomic E-state index is -0.298. The Morgan fingerprint density at radius 1 is 1.16 bits per heavy atom. The number of ether oxygens (including phenoxy) is 1. The van der Waals surface area contributed by atoms with Crippen LogP contribution in [0.3, 0.4) is 0 Å². The van der Waals surface area contributed by atoms with E-state index < -0.39 is 0 Å². The zero-order chi connectivity index (χ0) is 17.3. The molecule has 3 saturated heterocycles. The quantitative estimate of drug-likeness (QED) is 0.748. The number of amides is 2. The molecule has 1 spiro atoms. The van der Waals surface area contributed by atoms with Crippen molar-refractivity contribution >= 4 is 23.6 Å². The van der Waals surface area contributed by atoms with E-state index in [1.165, 1.54) is 12.8 Å². The van der Waals surface area contributed by atoms with Gasteiger partial charge in [0.25, 0.3) is 0 Å². The topological polar surface area (TPSA) is 49.9 Å². The van der Waals surface area contributed by atoms with Crippen molar-refractivity contribution in [1.29, 1.82) is 0 Å². The Hall–Kier alpha value is -0.750. The fourth-order valence-corrected chi connectivity index (χ4v) is 5.74. The van der Waals surface area contributed by atoms with Gasteiger partial charge in [-0.05, 0) is 56.6 Å². The second-order valence-corrected chi connectivity index (χ2v) is 9.28. The van der Waals surface area contributed by atoms with E-state index in [0.717, 1.165) is 70.1 Å². The molecule has 0 aromatic rings. The monoisotopic (exact) mass is 366 g/mol. The molecule has 4 fully saturated rings. The smallest absolute Gasteiger partial charge is 0.232 e. The number of nitrogens with zero attached hydrogens (tertiary/aromatic N) is 2. The standard InChI is InChI=1S/C19H30N2O3S/c22-17(13-25-12-15-2-3-15)20-9-7-19(14-20)6-1-8-21(18(19)23)16-4-10-24-11-5-16/h15-16H,1-14H2/t19-/m1/s1. The summed E-state index contributed by atoms with van der Waals surface area (Å²) < 4.78 is 5.46. The summed E-state index contributed by atoms with van der Waals surface area (Å²) in [7, 11) is 0. The minimum Gasteiger partial charge on any atom is -0.381 e. The lowest BCUT2D eigenvalue weighted by Gasteiger charge is -2.44. The average Bonchev–Trinajstić information content (AvgIpc) is 3.36. The van der Waals surface area contributed by atoms with Crippen LogP contribution in [-0.4, -0.2) is 72.0 Å². The molecule has 6 heteroatoms. The van der Waals surface area contributed by atoms with Crippen molar-refractivity contribution in [2.75, 3.05) is 44.4 Å². The first-order chi connectivity index (χ1) is 12.2. The van der Waals surface area contributed by atoms with Gasteiger partial charge in [0, 0.05) is 38.9 Å². The molecule has 0 aromatic heterocycles. The molecule has 3 heterocycles. The second kappa shape index (κ2) is 7.47. The van der Waals surface area contributed by atoms with Gasteiger partial charge in [-0.1, -0.05) is 0 Å². The van der Waals surface area contributed by atoms with E-state index in [2.05, 4.69) is 4.90 Å². The summed E-state index contributed by atoms with van der Waals surface area (Å²) >= 11 is 1.78. The maximum atomic E-state index is 13.3. The highest BCUT2D eigenvalue weighted by Crippen LogP contribution is 2.41. The predicted molar refractivity (Wildman–Crippen MR) is 98.5 cm³/mol. The van der Waals surface area contributed by atoms with E-state index in [-0.39, 0.29) is 11.3 Å². The Labute approximate surface area is 154 Å². The van der Waals surface area contributed by atoms with Crippen LogP contribution in [0.4, 0.5) is 0 Å². The Morgan fingerprint density at radius 2 is 1.96 bits per heavy atom. The third-order valence-corrected chi connectivity index (χ3v) is 7.54. The van der Waals surface area contributed by atoms with Crippen LogP contribution in [0.25, 0.3) is 0 Å². The Morgan fingerprint density at radius 3 is 2.72 bits per heavy atom.